The lowest BCUT2D eigenvalue weighted by atomic mass is 9.81. The zero-order valence-corrected chi connectivity index (χ0v) is 13.2. The van der Waals surface area contributed by atoms with Crippen LogP contribution in [-0.2, 0) is 0 Å². The molecule has 0 radical (unpaired) electrons. The van der Waals surface area contributed by atoms with Gasteiger partial charge in [-0.1, -0.05) is 36.4 Å². The molecule has 0 unspecified atom stereocenters. The summed E-state index contributed by atoms with van der Waals surface area (Å²) >= 11 is 0. The number of hydrogen-bond donors (Lipinski definition) is 3. The summed E-state index contributed by atoms with van der Waals surface area (Å²) in [6.07, 6.45) is 1.68. The molecule has 2 aromatic carbocycles. The summed E-state index contributed by atoms with van der Waals surface area (Å²) in [7, 11) is 0. The number of nitrogens with one attached hydrogen (secondary N) is 2. The van der Waals surface area contributed by atoms with Gasteiger partial charge < -0.3 is 10.4 Å². The van der Waals surface area contributed by atoms with Gasteiger partial charge in [0.1, 0.15) is 5.69 Å². The van der Waals surface area contributed by atoms with Crippen LogP contribution in [0.3, 0.4) is 0 Å². The topological polar surface area (TPSA) is 78.0 Å². The molecule has 5 nitrogen and oxygen atoms in total. The van der Waals surface area contributed by atoms with Crippen molar-refractivity contribution < 1.29 is 9.90 Å². The molecule has 4 rings (SSSR count). The van der Waals surface area contributed by atoms with E-state index in [1.165, 1.54) is 5.39 Å². The first-order chi connectivity index (χ1) is 11.7. The lowest BCUT2D eigenvalue weighted by Crippen LogP contribution is -2.45. The summed E-state index contributed by atoms with van der Waals surface area (Å²) in [5.41, 5.74) is 2.20. The van der Waals surface area contributed by atoms with Gasteiger partial charge in [-0.3, -0.25) is 9.89 Å². The number of aliphatic hydroxyl groups is 1. The summed E-state index contributed by atoms with van der Waals surface area (Å²) in [5, 5.41) is 21.4. The number of H-pyrrole nitrogens is 1. The molecule has 1 saturated carbocycles. The van der Waals surface area contributed by atoms with Crippen LogP contribution in [0.15, 0.2) is 48.5 Å². The standard InChI is InChI=1S/C19H19N3O2/c23-11-12-7-16(8-12)20-19(24)18-10-17(21-22-18)15-6-5-13-3-1-2-4-14(13)9-15/h1-6,9-10,12,16,23H,7-8,11H2,(H,20,24)(H,21,22). The van der Waals surface area contributed by atoms with E-state index in [0.717, 1.165) is 29.5 Å². The Bertz CT molecular complexity index is 881. The number of aliphatic hydroxyl groups excluding tert-OH is 1. The van der Waals surface area contributed by atoms with Crippen LogP contribution in [-0.4, -0.2) is 33.9 Å². The molecule has 1 fully saturated rings. The molecule has 1 aromatic heterocycles. The Hall–Kier alpha value is -2.66. The molecule has 122 valence electrons. The summed E-state index contributed by atoms with van der Waals surface area (Å²) < 4.78 is 0. The second-order valence-electron chi connectivity index (χ2n) is 6.42. The second kappa shape index (κ2) is 6.09. The van der Waals surface area contributed by atoms with Gasteiger partial charge in [-0.15, -0.1) is 0 Å². The molecule has 0 saturated heterocycles. The Balaban J connectivity index is 1.50. The van der Waals surface area contributed by atoms with Crippen molar-refractivity contribution in [3.8, 4) is 11.3 Å². The highest BCUT2D eigenvalue weighted by Crippen LogP contribution is 2.27. The quantitative estimate of drug-likeness (QED) is 0.691. The number of benzene rings is 2. The van der Waals surface area contributed by atoms with E-state index in [0.29, 0.717) is 11.6 Å². The maximum absolute atomic E-state index is 12.3. The second-order valence-corrected chi connectivity index (χ2v) is 6.42. The third kappa shape index (κ3) is 2.78. The number of fused-ring (bicyclic) bond motifs is 1. The minimum atomic E-state index is -0.143. The fourth-order valence-corrected chi connectivity index (χ4v) is 3.20. The molecule has 1 heterocycles. The van der Waals surface area contributed by atoms with Crippen molar-refractivity contribution in [1.82, 2.24) is 15.5 Å². The molecular weight excluding hydrogens is 302 g/mol. The van der Waals surface area contributed by atoms with Crippen molar-refractivity contribution in [1.29, 1.82) is 0 Å². The van der Waals surface area contributed by atoms with Gasteiger partial charge in [0, 0.05) is 18.2 Å². The molecular formula is C19H19N3O2. The molecule has 1 aliphatic carbocycles. The zero-order chi connectivity index (χ0) is 16.5. The Morgan fingerprint density at radius 3 is 2.75 bits per heavy atom. The minimum absolute atomic E-state index is 0.143. The van der Waals surface area contributed by atoms with E-state index in [2.05, 4.69) is 39.8 Å². The molecule has 5 heteroatoms. The molecule has 0 atom stereocenters. The fourth-order valence-electron chi connectivity index (χ4n) is 3.20. The van der Waals surface area contributed by atoms with E-state index < -0.39 is 0 Å². The molecule has 24 heavy (non-hydrogen) atoms. The summed E-state index contributed by atoms with van der Waals surface area (Å²) in [6, 6.07) is 16.2. The first-order valence-corrected chi connectivity index (χ1v) is 8.19. The van der Waals surface area contributed by atoms with Gasteiger partial charge in [0.05, 0.1) is 5.69 Å². The van der Waals surface area contributed by atoms with Gasteiger partial charge >= 0.3 is 0 Å². The Morgan fingerprint density at radius 1 is 1.17 bits per heavy atom. The van der Waals surface area contributed by atoms with Gasteiger partial charge in [0.25, 0.3) is 5.91 Å². The number of rotatable bonds is 4. The number of amides is 1. The maximum atomic E-state index is 12.3. The van der Waals surface area contributed by atoms with Gasteiger partial charge in [-0.25, -0.2) is 0 Å². The van der Waals surface area contributed by atoms with Gasteiger partial charge in [0.2, 0.25) is 0 Å². The summed E-state index contributed by atoms with van der Waals surface area (Å²) in [4.78, 5) is 12.3. The first kappa shape index (κ1) is 14.9. The zero-order valence-electron chi connectivity index (χ0n) is 13.2. The number of carbonyl (C=O) groups is 1. The smallest absolute Gasteiger partial charge is 0.269 e. The van der Waals surface area contributed by atoms with Crippen molar-refractivity contribution in [3.05, 3.63) is 54.2 Å². The van der Waals surface area contributed by atoms with Crippen LogP contribution in [0.2, 0.25) is 0 Å². The minimum Gasteiger partial charge on any atom is -0.396 e. The van der Waals surface area contributed by atoms with Crippen LogP contribution in [0, 0.1) is 5.92 Å². The van der Waals surface area contributed by atoms with Crippen molar-refractivity contribution in [3.63, 3.8) is 0 Å². The van der Waals surface area contributed by atoms with E-state index in [4.69, 9.17) is 5.11 Å². The number of aromatic amines is 1. The van der Waals surface area contributed by atoms with Crippen molar-refractivity contribution in [2.45, 2.75) is 18.9 Å². The highest BCUT2D eigenvalue weighted by Gasteiger charge is 2.30. The predicted molar refractivity (Wildman–Crippen MR) is 92.6 cm³/mol. The molecule has 1 amide bonds. The predicted octanol–water partition coefficient (Wildman–Crippen LogP) is 2.73. The van der Waals surface area contributed by atoms with Crippen LogP contribution in [0.5, 0.6) is 0 Å². The van der Waals surface area contributed by atoms with Crippen molar-refractivity contribution in [2.24, 2.45) is 5.92 Å². The highest BCUT2D eigenvalue weighted by molar-refractivity contribution is 5.94. The van der Waals surface area contributed by atoms with E-state index >= 15 is 0 Å². The van der Waals surface area contributed by atoms with Crippen LogP contribution in [0.1, 0.15) is 23.3 Å². The third-order valence-electron chi connectivity index (χ3n) is 4.70. The molecule has 0 spiro atoms. The summed E-state index contributed by atoms with van der Waals surface area (Å²) in [5.74, 6) is 0.182. The lowest BCUT2D eigenvalue weighted by Gasteiger charge is -2.34. The monoisotopic (exact) mass is 321 g/mol. The number of hydrogen-bond acceptors (Lipinski definition) is 3. The normalized spacial score (nSPS) is 19.9. The van der Waals surface area contributed by atoms with Gasteiger partial charge in [0.15, 0.2) is 0 Å². The van der Waals surface area contributed by atoms with Gasteiger partial charge in [-0.05, 0) is 41.7 Å². The largest absolute Gasteiger partial charge is 0.396 e. The number of aromatic nitrogens is 2. The van der Waals surface area contributed by atoms with E-state index in [1.807, 2.05) is 18.2 Å². The lowest BCUT2D eigenvalue weighted by molar-refractivity contribution is 0.0827. The van der Waals surface area contributed by atoms with Crippen LogP contribution >= 0.6 is 0 Å². The van der Waals surface area contributed by atoms with E-state index in [9.17, 15) is 4.79 Å². The first-order valence-electron chi connectivity index (χ1n) is 8.19. The molecule has 1 aliphatic rings. The third-order valence-corrected chi connectivity index (χ3v) is 4.70. The Labute approximate surface area is 139 Å². The van der Waals surface area contributed by atoms with Crippen molar-refractivity contribution in [2.75, 3.05) is 6.61 Å². The SMILES string of the molecule is O=C(NC1CC(CO)C1)c1cc(-c2ccc3ccccc3c2)n[nH]1. The molecule has 0 aliphatic heterocycles. The number of nitrogens with zero attached hydrogens (tertiary/aromatic N) is 1. The molecule has 3 aromatic rings. The molecule has 0 bridgehead atoms. The highest BCUT2D eigenvalue weighted by atomic mass is 16.3. The Morgan fingerprint density at radius 2 is 1.96 bits per heavy atom. The van der Waals surface area contributed by atoms with E-state index in [-0.39, 0.29) is 18.6 Å². The average Bonchev–Trinajstić information content (AvgIpc) is 3.07. The Kier molecular flexibility index (Phi) is 3.78. The fraction of sp³-hybridized carbons (Fsp3) is 0.263. The summed E-state index contributed by atoms with van der Waals surface area (Å²) in [6.45, 7) is 0.197. The number of carbonyl (C=O) groups excluding carboxylic acids is 1. The average molecular weight is 321 g/mol. The molecule has 3 N–H and O–H groups in total. The van der Waals surface area contributed by atoms with Crippen LogP contribution in [0.25, 0.3) is 22.0 Å². The van der Waals surface area contributed by atoms with Crippen molar-refractivity contribution >= 4 is 16.7 Å². The van der Waals surface area contributed by atoms with Crippen LogP contribution in [0.4, 0.5) is 0 Å². The van der Waals surface area contributed by atoms with E-state index in [1.54, 1.807) is 6.07 Å². The maximum Gasteiger partial charge on any atom is 0.269 e. The van der Waals surface area contributed by atoms with Gasteiger partial charge in [-0.2, -0.15) is 5.10 Å². The van der Waals surface area contributed by atoms with Crippen LogP contribution < -0.4 is 5.32 Å².